The van der Waals surface area contributed by atoms with Gasteiger partial charge in [0.05, 0.1) is 13.2 Å². The monoisotopic (exact) mass is 339 g/mol. The molecule has 4 rings (SSSR count). The fourth-order valence-electron chi connectivity index (χ4n) is 5.17. The Balaban J connectivity index is 1.21. The summed E-state index contributed by atoms with van der Waals surface area (Å²) in [5.74, 6) is 1.87. The summed E-state index contributed by atoms with van der Waals surface area (Å²) in [6.07, 6.45) is 9.80. The molecule has 23 heavy (non-hydrogen) atoms. The first-order valence-corrected chi connectivity index (χ1v) is 10.6. The fraction of sp³-hybridized carbons (Fsp3) is 1.00. The highest BCUT2D eigenvalue weighted by atomic mass is 32.2. The lowest BCUT2D eigenvalue weighted by Crippen LogP contribution is -2.49. The van der Waals surface area contributed by atoms with E-state index in [4.69, 9.17) is 4.74 Å². The second-order valence-electron chi connectivity index (χ2n) is 8.17. The molecule has 4 nitrogen and oxygen atoms in total. The van der Waals surface area contributed by atoms with Crippen LogP contribution in [0.4, 0.5) is 0 Å². The SMILES string of the molecule is CNC1COCC(NC2CC3CN(SC4CCCC4)CC3C2)C1. The summed E-state index contributed by atoms with van der Waals surface area (Å²) in [5, 5.41) is 8.20. The van der Waals surface area contributed by atoms with E-state index in [1.165, 1.54) is 58.0 Å². The topological polar surface area (TPSA) is 36.5 Å². The van der Waals surface area contributed by atoms with Gasteiger partial charge in [-0.05, 0) is 51.0 Å². The van der Waals surface area contributed by atoms with Gasteiger partial charge >= 0.3 is 0 Å². The van der Waals surface area contributed by atoms with E-state index in [-0.39, 0.29) is 0 Å². The number of rotatable bonds is 5. The Kier molecular flexibility index (Phi) is 5.51. The van der Waals surface area contributed by atoms with Crippen molar-refractivity contribution < 1.29 is 4.74 Å². The molecule has 2 aliphatic heterocycles. The molecule has 4 unspecified atom stereocenters. The maximum atomic E-state index is 5.74. The minimum Gasteiger partial charge on any atom is -0.378 e. The van der Waals surface area contributed by atoms with Gasteiger partial charge in [-0.25, -0.2) is 4.31 Å². The molecule has 0 spiro atoms. The van der Waals surface area contributed by atoms with Crippen LogP contribution in [0.3, 0.4) is 0 Å². The van der Waals surface area contributed by atoms with E-state index in [0.29, 0.717) is 12.1 Å². The third-order valence-corrected chi connectivity index (χ3v) is 7.77. The van der Waals surface area contributed by atoms with Crippen molar-refractivity contribution in [2.45, 2.75) is 68.3 Å². The van der Waals surface area contributed by atoms with Crippen LogP contribution in [0.1, 0.15) is 44.9 Å². The Hall–Kier alpha value is 0.190. The number of likely N-dealkylation sites (N-methyl/N-ethyl adjacent to an activating group) is 1. The fourth-order valence-corrected chi connectivity index (χ4v) is 6.69. The molecule has 5 heteroatoms. The van der Waals surface area contributed by atoms with E-state index in [1.807, 2.05) is 7.05 Å². The predicted molar refractivity (Wildman–Crippen MR) is 96.6 cm³/mol. The van der Waals surface area contributed by atoms with Gasteiger partial charge in [0.1, 0.15) is 0 Å². The molecule has 2 saturated heterocycles. The Morgan fingerprint density at radius 3 is 2.30 bits per heavy atom. The molecule has 2 heterocycles. The van der Waals surface area contributed by atoms with Gasteiger partial charge in [-0.15, -0.1) is 0 Å². The maximum absolute atomic E-state index is 5.74. The second kappa shape index (κ2) is 7.61. The van der Waals surface area contributed by atoms with E-state index < -0.39 is 0 Å². The first-order chi connectivity index (χ1) is 11.3. The summed E-state index contributed by atoms with van der Waals surface area (Å²) in [4.78, 5) is 0. The highest BCUT2D eigenvalue weighted by Crippen LogP contribution is 2.43. The lowest BCUT2D eigenvalue weighted by molar-refractivity contribution is 0.0444. The lowest BCUT2D eigenvalue weighted by Gasteiger charge is -2.32. The van der Waals surface area contributed by atoms with Gasteiger partial charge in [0.2, 0.25) is 0 Å². The van der Waals surface area contributed by atoms with Crippen LogP contribution in [-0.4, -0.2) is 61.0 Å². The molecule has 4 atom stereocenters. The van der Waals surface area contributed by atoms with Gasteiger partial charge in [-0.1, -0.05) is 24.8 Å². The zero-order valence-corrected chi connectivity index (χ0v) is 15.3. The standard InChI is InChI=1S/C18H33N3OS/c1-19-16-8-17(12-22-11-16)20-15-6-13-9-21(10-14(13)7-15)23-18-4-2-3-5-18/h13-20H,2-12H2,1H3. The number of fused-ring (bicyclic) bond motifs is 1. The van der Waals surface area contributed by atoms with E-state index in [1.54, 1.807) is 0 Å². The Bertz CT molecular complexity index is 376. The van der Waals surface area contributed by atoms with E-state index in [9.17, 15) is 0 Å². The highest BCUT2D eigenvalue weighted by molar-refractivity contribution is 7.97. The van der Waals surface area contributed by atoms with Crippen LogP contribution in [0.2, 0.25) is 0 Å². The number of nitrogens with zero attached hydrogens (tertiary/aromatic N) is 1. The predicted octanol–water partition coefficient (Wildman–Crippen LogP) is 2.25. The van der Waals surface area contributed by atoms with Crippen LogP contribution in [0.5, 0.6) is 0 Å². The van der Waals surface area contributed by atoms with Crippen LogP contribution in [0, 0.1) is 11.8 Å². The summed E-state index contributed by atoms with van der Waals surface area (Å²) in [6, 6.07) is 1.81. The second-order valence-corrected chi connectivity index (χ2v) is 9.56. The summed E-state index contributed by atoms with van der Waals surface area (Å²) in [6.45, 7) is 4.44. The Morgan fingerprint density at radius 1 is 0.913 bits per heavy atom. The average Bonchev–Trinajstić information content (AvgIpc) is 3.25. The maximum Gasteiger partial charge on any atom is 0.0621 e. The third-order valence-electron chi connectivity index (χ3n) is 6.40. The summed E-state index contributed by atoms with van der Waals surface area (Å²) in [7, 11) is 2.05. The molecular weight excluding hydrogens is 306 g/mol. The van der Waals surface area contributed by atoms with Gasteiger partial charge in [-0.3, -0.25) is 0 Å². The zero-order chi connectivity index (χ0) is 15.6. The smallest absolute Gasteiger partial charge is 0.0621 e. The Morgan fingerprint density at radius 2 is 1.61 bits per heavy atom. The first-order valence-electron chi connectivity index (χ1n) is 9.73. The van der Waals surface area contributed by atoms with Crippen LogP contribution in [0.15, 0.2) is 0 Å². The molecule has 0 bridgehead atoms. The van der Waals surface area contributed by atoms with Crippen LogP contribution in [-0.2, 0) is 4.74 Å². The van der Waals surface area contributed by atoms with Crippen molar-refractivity contribution in [2.75, 3.05) is 33.4 Å². The molecule has 0 amide bonds. The van der Waals surface area contributed by atoms with Crippen LogP contribution in [0.25, 0.3) is 0 Å². The molecule has 4 aliphatic rings. The normalized spacial score (nSPS) is 42.4. The number of ether oxygens (including phenoxy) is 1. The summed E-state index contributed by atoms with van der Waals surface area (Å²) < 4.78 is 8.46. The van der Waals surface area contributed by atoms with E-state index in [0.717, 1.165) is 36.3 Å². The molecule has 0 radical (unpaired) electrons. The molecule has 2 saturated carbocycles. The molecule has 4 fully saturated rings. The van der Waals surface area contributed by atoms with Gasteiger partial charge in [-0.2, -0.15) is 0 Å². The molecule has 0 aromatic carbocycles. The summed E-state index contributed by atoms with van der Waals surface area (Å²) >= 11 is 2.20. The van der Waals surface area contributed by atoms with Crippen molar-refractivity contribution in [3.63, 3.8) is 0 Å². The first kappa shape index (κ1) is 16.6. The molecule has 2 aliphatic carbocycles. The van der Waals surface area contributed by atoms with E-state index in [2.05, 4.69) is 26.9 Å². The molecule has 2 N–H and O–H groups in total. The zero-order valence-electron chi connectivity index (χ0n) is 14.5. The van der Waals surface area contributed by atoms with Crippen LogP contribution >= 0.6 is 11.9 Å². The van der Waals surface area contributed by atoms with Crippen molar-refractivity contribution in [1.29, 1.82) is 0 Å². The van der Waals surface area contributed by atoms with Crippen molar-refractivity contribution >= 4 is 11.9 Å². The van der Waals surface area contributed by atoms with Gasteiger partial charge < -0.3 is 15.4 Å². The number of nitrogens with one attached hydrogen (secondary N) is 2. The van der Waals surface area contributed by atoms with Gasteiger partial charge in [0.25, 0.3) is 0 Å². The Labute approximate surface area is 145 Å². The molecule has 0 aromatic rings. The minimum absolute atomic E-state index is 0.528. The molecule has 0 aromatic heterocycles. The van der Waals surface area contributed by atoms with Crippen molar-refractivity contribution in [2.24, 2.45) is 11.8 Å². The quantitative estimate of drug-likeness (QED) is 0.752. The van der Waals surface area contributed by atoms with Gasteiger partial charge in [0.15, 0.2) is 0 Å². The lowest BCUT2D eigenvalue weighted by atomic mass is 10.0. The average molecular weight is 340 g/mol. The van der Waals surface area contributed by atoms with Crippen molar-refractivity contribution in [1.82, 2.24) is 14.9 Å². The largest absolute Gasteiger partial charge is 0.378 e. The van der Waals surface area contributed by atoms with Crippen molar-refractivity contribution in [3.05, 3.63) is 0 Å². The minimum atomic E-state index is 0.528. The number of hydrogen-bond donors (Lipinski definition) is 2. The summed E-state index contributed by atoms with van der Waals surface area (Å²) in [5.41, 5.74) is 0. The van der Waals surface area contributed by atoms with Crippen molar-refractivity contribution in [3.8, 4) is 0 Å². The van der Waals surface area contributed by atoms with E-state index >= 15 is 0 Å². The molecule has 132 valence electrons. The third kappa shape index (κ3) is 4.06. The van der Waals surface area contributed by atoms with Crippen LogP contribution < -0.4 is 10.6 Å². The van der Waals surface area contributed by atoms with Gasteiger partial charge in [0, 0.05) is 36.5 Å². The number of hydrogen-bond acceptors (Lipinski definition) is 5. The molecular formula is C18H33N3OS. The highest BCUT2D eigenvalue weighted by Gasteiger charge is 2.42.